The van der Waals surface area contributed by atoms with E-state index >= 15 is 0 Å². The molecule has 12 N–H and O–H groups in total. The van der Waals surface area contributed by atoms with Gasteiger partial charge in [0.2, 0.25) is 29.5 Å². The predicted molar refractivity (Wildman–Crippen MR) is 236 cm³/mol. The van der Waals surface area contributed by atoms with Crippen molar-refractivity contribution in [3.05, 3.63) is 144 Å². The summed E-state index contributed by atoms with van der Waals surface area (Å²) in [7, 11) is 0. The van der Waals surface area contributed by atoms with Crippen LogP contribution in [0.5, 0.6) is 0 Å². The summed E-state index contributed by atoms with van der Waals surface area (Å²) in [6.45, 7) is -0.643. The van der Waals surface area contributed by atoms with Crippen LogP contribution in [0.1, 0.15) is 72.6 Å². The van der Waals surface area contributed by atoms with Gasteiger partial charge in [0.05, 0.1) is 0 Å². The summed E-state index contributed by atoms with van der Waals surface area (Å²) in [5.41, 5.74) is 14.7. The van der Waals surface area contributed by atoms with Gasteiger partial charge < -0.3 is 48.5 Å². The fraction of sp³-hybridized carbons (Fsp3) is 0.326. The monoisotopic (exact) mass is 847 g/mol. The Kier molecular flexibility index (Phi) is 19.6. The van der Waals surface area contributed by atoms with Gasteiger partial charge in [-0.05, 0) is 54.5 Å². The molecular weight excluding hydrogens is 791 g/mol. The first kappa shape index (κ1) is 47.6. The largest absolute Gasteiger partial charge is 0.480 e. The Morgan fingerprint density at radius 2 is 0.952 bits per heavy atom. The van der Waals surface area contributed by atoms with Crippen molar-refractivity contribution in [3.8, 4) is 0 Å². The highest BCUT2D eigenvalue weighted by Gasteiger charge is 2.31. The molecule has 0 spiro atoms. The van der Waals surface area contributed by atoms with Crippen LogP contribution >= 0.6 is 0 Å². The minimum atomic E-state index is -1.36. The molecule has 16 nitrogen and oxygen atoms in total. The van der Waals surface area contributed by atoms with E-state index in [0.29, 0.717) is 6.42 Å². The van der Waals surface area contributed by atoms with Gasteiger partial charge >= 0.3 is 5.97 Å². The third-order valence-electron chi connectivity index (χ3n) is 10.1. The molecule has 328 valence electrons. The molecule has 0 saturated heterocycles. The smallest absolute Gasteiger partial charge is 0.322 e. The molecule has 0 aliphatic heterocycles. The number of nitrogens with two attached hydrogens (primary N) is 2. The summed E-state index contributed by atoms with van der Waals surface area (Å²) in [5.74, 6) is -5.44. The molecule has 0 heterocycles. The van der Waals surface area contributed by atoms with Crippen molar-refractivity contribution in [2.24, 2.45) is 11.5 Å². The van der Waals surface area contributed by atoms with E-state index in [0.717, 1.165) is 22.3 Å². The van der Waals surface area contributed by atoms with Crippen LogP contribution in [0.25, 0.3) is 0 Å². The lowest BCUT2D eigenvalue weighted by molar-refractivity contribution is -0.138. The van der Waals surface area contributed by atoms with E-state index in [4.69, 9.17) is 22.0 Å². The molecule has 4 rings (SSSR count). The second kappa shape index (κ2) is 25.5. The molecule has 0 aliphatic carbocycles. The number of hydrogen-bond donors (Lipinski definition) is 10. The van der Waals surface area contributed by atoms with Gasteiger partial charge in [0.1, 0.15) is 24.7 Å². The van der Waals surface area contributed by atoms with Crippen molar-refractivity contribution >= 4 is 41.5 Å². The Balaban J connectivity index is 1.60. The fourth-order valence-corrected chi connectivity index (χ4v) is 6.94. The maximum absolute atomic E-state index is 14.3. The van der Waals surface area contributed by atoms with E-state index < -0.39 is 54.3 Å². The summed E-state index contributed by atoms with van der Waals surface area (Å²) in [5, 5.41) is 32.5. The Hall–Kier alpha value is -7.07. The molecule has 62 heavy (non-hydrogen) atoms. The maximum Gasteiger partial charge on any atom is 0.322 e. The van der Waals surface area contributed by atoms with Crippen LogP contribution in [0.4, 0.5) is 0 Å². The first-order valence-corrected chi connectivity index (χ1v) is 20.6. The number of hydrogen-bond acceptors (Lipinski definition) is 8. The third-order valence-corrected chi connectivity index (χ3v) is 10.1. The lowest BCUT2D eigenvalue weighted by atomic mass is 9.88. The van der Waals surface area contributed by atoms with Crippen molar-refractivity contribution in [3.63, 3.8) is 0 Å². The zero-order chi connectivity index (χ0) is 44.7. The lowest BCUT2D eigenvalue weighted by Crippen LogP contribution is -2.59. The number of carboxylic acid groups (broad SMARTS) is 1. The molecule has 0 saturated carbocycles. The Morgan fingerprint density at radius 3 is 1.39 bits per heavy atom. The number of rotatable bonds is 25. The summed E-state index contributed by atoms with van der Waals surface area (Å²) in [4.78, 5) is 80.1. The van der Waals surface area contributed by atoms with E-state index in [9.17, 15) is 28.8 Å². The Labute approximate surface area is 361 Å². The predicted octanol–water partition coefficient (Wildman–Crippen LogP) is 2.20. The number of carbonyl (C=O) groups excluding carboxylic acids is 5. The number of nitrogens with one attached hydrogen (secondary N) is 7. The maximum atomic E-state index is 14.3. The number of amides is 5. The third kappa shape index (κ3) is 16.2. The van der Waals surface area contributed by atoms with Crippen LogP contribution in [0.3, 0.4) is 0 Å². The lowest BCUT2D eigenvalue weighted by Gasteiger charge is -2.26. The average molecular weight is 848 g/mol. The van der Waals surface area contributed by atoms with Crippen LogP contribution in [-0.4, -0.2) is 90.9 Å². The highest BCUT2D eigenvalue weighted by Crippen LogP contribution is 2.29. The summed E-state index contributed by atoms with van der Waals surface area (Å²) in [6, 6.07) is 34.2. The van der Waals surface area contributed by atoms with Crippen molar-refractivity contribution in [1.82, 2.24) is 31.9 Å². The van der Waals surface area contributed by atoms with Gasteiger partial charge in [0.25, 0.3) is 0 Å². The molecule has 5 amide bonds. The molecule has 4 aromatic rings. The number of guanidine groups is 1. The van der Waals surface area contributed by atoms with Gasteiger partial charge in [-0.1, -0.05) is 121 Å². The highest BCUT2D eigenvalue weighted by atomic mass is 16.4. The summed E-state index contributed by atoms with van der Waals surface area (Å²) >= 11 is 0. The van der Waals surface area contributed by atoms with Gasteiger partial charge in [-0.25, -0.2) is 0 Å². The fourth-order valence-electron chi connectivity index (χ4n) is 6.94. The number of aliphatic carboxylic acids is 1. The van der Waals surface area contributed by atoms with E-state index in [1.165, 1.54) is 0 Å². The zero-order valence-corrected chi connectivity index (χ0v) is 34.6. The van der Waals surface area contributed by atoms with Crippen LogP contribution in [0.2, 0.25) is 0 Å². The first-order chi connectivity index (χ1) is 29.9. The van der Waals surface area contributed by atoms with Gasteiger partial charge in [-0.15, -0.1) is 0 Å². The quantitative estimate of drug-likeness (QED) is 0.0264. The van der Waals surface area contributed by atoms with E-state index in [2.05, 4.69) is 31.9 Å². The van der Waals surface area contributed by atoms with Crippen LogP contribution in [0.15, 0.2) is 121 Å². The summed E-state index contributed by atoms with van der Waals surface area (Å²) < 4.78 is 0. The molecule has 0 radical (unpaired) electrons. The first-order valence-electron chi connectivity index (χ1n) is 20.6. The molecule has 0 bridgehead atoms. The number of carboxylic acids is 1. The second-order valence-electron chi connectivity index (χ2n) is 14.7. The Morgan fingerprint density at radius 1 is 0.532 bits per heavy atom. The van der Waals surface area contributed by atoms with E-state index in [1.54, 1.807) is 0 Å². The van der Waals surface area contributed by atoms with Crippen LogP contribution < -0.4 is 43.4 Å². The van der Waals surface area contributed by atoms with Gasteiger partial charge in [-0.3, -0.25) is 34.2 Å². The molecule has 0 aromatic heterocycles. The molecule has 16 heteroatoms. The van der Waals surface area contributed by atoms with Crippen molar-refractivity contribution in [1.29, 1.82) is 5.41 Å². The molecule has 0 aliphatic rings. The standard InChI is InChI=1S/C46H57N9O7/c47-25-13-23-37(43(60)52-30-42(58)59)54-44(61)38(24-14-26-50-46(48)49)55-45(62)39(53-41(57)28-36(33-19-9-3-10-20-33)34-21-11-4-12-22-34)29-51-40(56)27-35(31-15-5-1-6-16-31)32-17-7-2-8-18-32/h1-12,15-22,35-39H,13-14,23-30,47H2,(H,51,56)(H,52,60)(H,53,57)(H,54,61)(H,55,62)(H,58,59)(H4,48,49,50)/t37-,38-,39?/m0/s1. The van der Waals surface area contributed by atoms with Crippen molar-refractivity contribution in [2.45, 2.75) is 68.5 Å². The van der Waals surface area contributed by atoms with Crippen molar-refractivity contribution < 1.29 is 33.9 Å². The summed E-state index contributed by atoms with van der Waals surface area (Å²) in [6.07, 6.45) is 0.627. The van der Waals surface area contributed by atoms with Crippen molar-refractivity contribution in [2.75, 3.05) is 26.2 Å². The zero-order valence-electron chi connectivity index (χ0n) is 34.6. The average Bonchev–Trinajstić information content (AvgIpc) is 3.28. The van der Waals surface area contributed by atoms with Crippen LogP contribution in [-0.2, 0) is 28.8 Å². The number of benzene rings is 4. The molecule has 4 aromatic carbocycles. The minimum absolute atomic E-state index is 0.00511. The molecule has 3 atom stereocenters. The van der Waals surface area contributed by atoms with Gasteiger partial charge in [0.15, 0.2) is 5.96 Å². The Bertz CT molecular complexity index is 1980. The van der Waals surface area contributed by atoms with E-state index in [1.807, 2.05) is 121 Å². The van der Waals surface area contributed by atoms with E-state index in [-0.39, 0.29) is 75.4 Å². The van der Waals surface area contributed by atoms with Gasteiger partial charge in [-0.2, -0.15) is 0 Å². The topological polar surface area (TPSA) is 271 Å². The SMILES string of the molecule is N=C(N)NCCC[C@H](NC(=O)C(CNC(=O)CC(c1ccccc1)c1ccccc1)NC(=O)CC(c1ccccc1)c1ccccc1)C(=O)N[C@@H](CCCN)C(=O)NCC(=O)O. The van der Waals surface area contributed by atoms with Crippen LogP contribution in [0, 0.1) is 5.41 Å². The normalized spacial score (nSPS) is 12.3. The second-order valence-corrected chi connectivity index (χ2v) is 14.7. The number of carbonyl (C=O) groups is 6. The molecule has 0 fully saturated rings. The highest BCUT2D eigenvalue weighted by molar-refractivity contribution is 5.95. The minimum Gasteiger partial charge on any atom is -0.480 e. The molecule has 1 unspecified atom stereocenters. The molecular formula is C46H57N9O7. The van der Waals surface area contributed by atoms with Gasteiger partial charge in [0, 0.05) is 37.8 Å².